The molecule has 0 amide bonds. The van der Waals surface area contributed by atoms with Gasteiger partial charge < -0.3 is 16.4 Å². The van der Waals surface area contributed by atoms with Crippen LogP contribution >= 0.6 is 15.9 Å². The number of pyridine rings is 1. The van der Waals surface area contributed by atoms with Crippen molar-refractivity contribution in [3.63, 3.8) is 0 Å². The van der Waals surface area contributed by atoms with E-state index in [-0.39, 0.29) is 12.5 Å². The zero-order chi connectivity index (χ0) is 20.3. The van der Waals surface area contributed by atoms with Gasteiger partial charge >= 0.3 is 0 Å². The number of hydrogen-bond acceptors (Lipinski definition) is 6. The van der Waals surface area contributed by atoms with Crippen LogP contribution < -0.4 is 16.4 Å². The molecule has 2 aromatic heterocycles. The molecular weight excluding hydrogens is 430 g/mol. The molecule has 0 saturated carbocycles. The number of alkyl halides is 2. The fourth-order valence-electron chi connectivity index (χ4n) is 2.47. The lowest BCUT2D eigenvalue weighted by atomic mass is 9.94. The van der Waals surface area contributed by atoms with Gasteiger partial charge in [-0.05, 0) is 30.3 Å². The molecule has 0 fully saturated rings. The van der Waals surface area contributed by atoms with Gasteiger partial charge in [0.2, 0.25) is 12.4 Å². The Hall–Kier alpha value is -2.55. The van der Waals surface area contributed by atoms with Gasteiger partial charge in [-0.2, -0.15) is 4.98 Å². The van der Waals surface area contributed by atoms with Crippen LogP contribution in [0.5, 0.6) is 0 Å². The standard InChI is InChI=1S/C19H21BrF2N6/c1-19(2,17(21)22)10-25-18-27-14-8-11(20)6-7-13(14)16(28-18)24-9-12-4-3-5-15(23)26-12/h3-8,17H,9-10H2,1-2H3,(H2,23,26)(H2,24,25,27,28). The molecule has 0 atom stereocenters. The van der Waals surface area contributed by atoms with Crippen LogP contribution in [0.15, 0.2) is 40.9 Å². The zero-order valence-corrected chi connectivity index (χ0v) is 17.1. The van der Waals surface area contributed by atoms with Crippen molar-refractivity contribution in [1.82, 2.24) is 15.0 Å². The van der Waals surface area contributed by atoms with Crippen molar-refractivity contribution >= 4 is 44.4 Å². The normalized spacial score (nSPS) is 11.8. The Morgan fingerprint density at radius 2 is 1.89 bits per heavy atom. The molecule has 9 heteroatoms. The SMILES string of the molecule is CC(C)(CNc1nc(NCc2cccc(N)n2)c2ccc(Br)cc2n1)C(F)F. The van der Waals surface area contributed by atoms with Gasteiger partial charge in [-0.1, -0.05) is 35.8 Å². The number of nitrogens with two attached hydrogens (primary N) is 1. The Bertz CT molecular complexity index is 980. The minimum Gasteiger partial charge on any atom is -0.384 e. The lowest BCUT2D eigenvalue weighted by molar-refractivity contribution is 0.0284. The van der Waals surface area contributed by atoms with Crippen LogP contribution in [0.1, 0.15) is 19.5 Å². The second-order valence-electron chi connectivity index (χ2n) is 7.11. The Morgan fingerprint density at radius 1 is 1.11 bits per heavy atom. The van der Waals surface area contributed by atoms with Crippen molar-refractivity contribution in [3.8, 4) is 0 Å². The Balaban J connectivity index is 1.88. The van der Waals surface area contributed by atoms with E-state index >= 15 is 0 Å². The third kappa shape index (κ3) is 4.83. The van der Waals surface area contributed by atoms with Gasteiger partial charge in [0.1, 0.15) is 11.6 Å². The summed E-state index contributed by atoms with van der Waals surface area (Å²) >= 11 is 3.43. The number of halogens is 3. The third-order valence-electron chi connectivity index (χ3n) is 4.22. The van der Waals surface area contributed by atoms with Gasteiger partial charge in [0.25, 0.3) is 0 Å². The number of fused-ring (bicyclic) bond motifs is 1. The minimum absolute atomic E-state index is 0.0421. The average Bonchev–Trinajstić information content (AvgIpc) is 2.64. The topological polar surface area (TPSA) is 88.8 Å². The Labute approximate surface area is 170 Å². The van der Waals surface area contributed by atoms with E-state index in [1.54, 1.807) is 6.07 Å². The predicted octanol–water partition coefficient (Wildman–Crippen LogP) is 4.68. The number of rotatable bonds is 7. The third-order valence-corrected chi connectivity index (χ3v) is 4.71. The van der Waals surface area contributed by atoms with Crippen LogP contribution in [-0.4, -0.2) is 27.9 Å². The van der Waals surface area contributed by atoms with Crippen molar-refractivity contribution in [2.24, 2.45) is 5.41 Å². The highest BCUT2D eigenvalue weighted by molar-refractivity contribution is 9.10. The summed E-state index contributed by atoms with van der Waals surface area (Å²) in [5.41, 5.74) is 5.97. The minimum atomic E-state index is -2.46. The first-order chi connectivity index (χ1) is 13.2. The quantitative estimate of drug-likeness (QED) is 0.483. The first-order valence-electron chi connectivity index (χ1n) is 8.69. The summed E-state index contributed by atoms with van der Waals surface area (Å²) in [4.78, 5) is 13.2. The number of benzene rings is 1. The molecule has 6 nitrogen and oxygen atoms in total. The molecule has 0 aliphatic carbocycles. The summed E-state index contributed by atoms with van der Waals surface area (Å²) in [6.07, 6.45) is -2.46. The van der Waals surface area contributed by atoms with E-state index in [0.29, 0.717) is 23.7 Å². The summed E-state index contributed by atoms with van der Waals surface area (Å²) in [6.45, 7) is 3.44. The fraction of sp³-hybridized carbons (Fsp3) is 0.316. The van der Waals surface area contributed by atoms with Crippen LogP contribution in [0.4, 0.5) is 26.4 Å². The first-order valence-corrected chi connectivity index (χ1v) is 9.48. The second kappa shape index (κ2) is 8.22. The molecule has 1 aromatic carbocycles. The molecule has 0 spiro atoms. The highest BCUT2D eigenvalue weighted by Gasteiger charge is 2.29. The van der Waals surface area contributed by atoms with Gasteiger partial charge in [0.15, 0.2) is 0 Å². The van der Waals surface area contributed by atoms with E-state index in [1.165, 1.54) is 13.8 Å². The van der Waals surface area contributed by atoms with Crippen LogP contribution in [-0.2, 0) is 6.54 Å². The molecule has 2 heterocycles. The monoisotopic (exact) mass is 450 g/mol. The maximum absolute atomic E-state index is 13.1. The number of hydrogen-bond donors (Lipinski definition) is 3. The van der Waals surface area contributed by atoms with E-state index < -0.39 is 11.8 Å². The molecule has 0 radical (unpaired) electrons. The highest BCUT2D eigenvalue weighted by Crippen LogP contribution is 2.28. The number of anilines is 3. The maximum Gasteiger partial charge on any atom is 0.245 e. The summed E-state index contributed by atoms with van der Waals surface area (Å²) in [7, 11) is 0. The van der Waals surface area contributed by atoms with Gasteiger partial charge in [-0.25, -0.2) is 18.7 Å². The molecule has 0 unspecified atom stereocenters. The molecule has 0 aliphatic heterocycles. The number of nitrogen functional groups attached to an aromatic ring is 1. The van der Waals surface area contributed by atoms with Crippen molar-refractivity contribution in [2.75, 3.05) is 22.9 Å². The van der Waals surface area contributed by atoms with Crippen molar-refractivity contribution < 1.29 is 8.78 Å². The van der Waals surface area contributed by atoms with Crippen molar-refractivity contribution in [2.45, 2.75) is 26.8 Å². The second-order valence-corrected chi connectivity index (χ2v) is 8.02. The average molecular weight is 451 g/mol. The predicted molar refractivity (Wildman–Crippen MR) is 111 cm³/mol. The van der Waals surface area contributed by atoms with Gasteiger partial charge in [0.05, 0.1) is 17.8 Å². The molecule has 28 heavy (non-hydrogen) atoms. The lowest BCUT2D eigenvalue weighted by Crippen LogP contribution is -2.31. The summed E-state index contributed by atoms with van der Waals surface area (Å²) in [6, 6.07) is 11.0. The largest absolute Gasteiger partial charge is 0.384 e. The van der Waals surface area contributed by atoms with E-state index in [9.17, 15) is 8.78 Å². The van der Waals surface area contributed by atoms with E-state index in [1.807, 2.05) is 30.3 Å². The lowest BCUT2D eigenvalue weighted by Gasteiger charge is -2.24. The first kappa shape index (κ1) is 20.2. The number of nitrogens with zero attached hydrogens (tertiary/aromatic N) is 3. The zero-order valence-electron chi connectivity index (χ0n) is 15.5. The van der Waals surface area contributed by atoms with E-state index in [4.69, 9.17) is 5.73 Å². The molecular formula is C19H21BrF2N6. The Kier molecular flexibility index (Phi) is 5.93. The molecule has 3 rings (SSSR count). The maximum atomic E-state index is 13.1. The van der Waals surface area contributed by atoms with Crippen LogP contribution in [0.3, 0.4) is 0 Å². The van der Waals surface area contributed by atoms with Crippen LogP contribution in [0, 0.1) is 5.41 Å². The summed E-state index contributed by atoms with van der Waals surface area (Å²) in [5.74, 6) is 1.30. The van der Waals surface area contributed by atoms with E-state index in [2.05, 4.69) is 41.5 Å². The summed E-state index contributed by atoms with van der Waals surface area (Å²) < 4.78 is 27.1. The molecule has 0 aliphatic rings. The highest BCUT2D eigenvalue weighted by atomic mass is 79.9. The van der Waals surface area contributed by atoms with Crippen LogP contribution in [0.25, 0.3) is 10.9 Å². The van der Waals surface area contributed by atoms with Crippen molar-refractivity contribution in [3.05, 3.63) is 46.6 Å². The Morgan fingerprint density at radius 3 is 2.61 bits per heavy atom. The van der Waals surface area contributed by atoms with Crippen LogP contribution in [0.2, 0.25) is 0 Å². The molecule has 3 aromatic rings. The van der Waals surface area contributed by atoms with Gasteiger partial charge in [-0.15, -0.1) is 0 Å². The molecule has 4 N–H and O–H groups in total. The summed E-state index contributed by atoms with van der Waals surface area (Å²) in [5, 5.41) is 6.98. The van der Waals surface area contributed by atoms with Gasteiger partial charge in [0, 0.05) is 21.8 Å². The number of nitrogens with one attached hydrogen (secondary N) is 2. The molecule has 0 saturated heterocycles. The molecule has 0 bridgehead atoms. The van der Waals surface area contributed by atoms with Gasteiger partial charge in [-0.3, -0.25) is 0 Å². The smallest absolute Gasteiger partial charge is 0.245 e. The van der Waals surface area contributed by atoms with E-state index in [0.717, 1.165) is 15.6 Å². The van der Waals surface area contributed by atoms with Crippen molar-refractivity contribution in [1.29, 1.82) is 0 Å². The molecule has 148 valence electrons. The fourth-order valence-corrected chi connectivity index (χ4v) is 2.82. The number of aromatic nitrogens is 3.